The van der Waals surface area contributed by atoms with Crippen LogP contribution in [0.2, 0.25) is 0 Å². The number of aliphatic hydroxyl groups excluding tert-OH is 1. The molecule has 1 N–H and O–H groups in total. The fourth-order valence-corrected chi connectivity index (χ4v) is 3.52. The maximum absolute atomic E-state index is 14.1. The van der Waals surface area contributed by atoms with Crippen molar-refractivity contribution in [3.05, 3.63) is 59.3 Å². The molecule has 1 aliphatic heterocycles. The first-order valence-corrected chi connectivity index (χ1v) is 8.22. The number of pyridine rings is 1. The molecule has 1 saturated heterocycles. The molecule has 0 spiro atoms. The Morgan fingerprint density at radius 3 is 2.88 bits per heavy atom. The topological polar surface area (TPSA) is 60.2 Å². The molecular formula is C19H19F2N3O. The van der Waals surface area contributed by atoms with Crippen molar-refractivity contribution >= 4 is 5.82 Å². The summed E-state index contributed by atoms with van der Waals surface area (Å²) < 4.78 is 27.2. The predicted octanol–water partition coefficient (Wildman–Crippen LogP) is 3.05. The van der Waals surface area contributed by atoms with Crippen molar-refractivity contribution in [1.82, 2.24) is 4.98 Å². The highest BCUT2D eigenvalue weighted by Gasteiger charge is 2.37. The lowest BCUT2D eigenvalue weighted by atomic mass is 9.75. The SMILES string of the molecule is N#Cc1cccnc1N1CCCC(CO)(Cc2ccc(F)cc2F)C1. The first-order chi connectivity index (χ1) is 12.1. The molecular weight excluding hydrogens is 324 g/mol. The van der Waals surface area contributed by atoms with Gasteiger partial charge in [0.1, 0.15) is 23.5 Å². The molecule has 0 aliphatic carbocycles. The van der Waals surface area contributed by atoms with Crippen molar-refractivity contribution in [2.75, 3.05) is 24.6 Å². The van der Waals surface area contributed by atoms with Crippen LogP contribution >= 0.6 is 0 Å². The fourth-order valence-electron chi connectivity index (χ4n) is 3.52. The summed E-state index contributed by atoms with van der Waals surface area (Å²) in [5.41, 5.74) is 0.310. The van der Waals surface area contributed by atoms with Crippen LogP contribution in [0.3, 0.4) is 0 Å². The molecule has 2 aromatic rings. The van der Waals surface area contributed by atoms with E-state index in [2.05, 4.69) is 11.1 Å². The molecule has 1 atom stereocenters. The average molecular weight is 343 g/mol. The average Bonchev–Trinajstić information content (AvgIpc) is 2.64. The highest BCUT2D eigenvalue weighted by molar-refractivity contribution is 5.54. The van der Waals surface area contributed by atoms with Crippen LogP contribution in [0.25, 0.3) is 0 Å². The van der Waals surface area contributed by atoms with E-state index in [1.165, 1.54) is 12.1 Å². The molecule has 2 heterocycles. The van der Waals surface area contributed by atoms with E-state index >= 15 is 0 Å². The van der Waals surface area contributed by atoms with Crippen LogP contribution in [0.15, 0.2) is 36.5 Å². The van der Waals surface area contributed by atoms with Crippen molar-refractivity contribution in [2.24, 2.45) is 5.41 Å². The quantitative estimate of drug-likeness (QED) is 0.927. The van der Waals surface area contributed by atoms with Gasteiger partial charge in [-0.1, -0.05) is 6.07 Å². The number of rotatable bonds is 4. The van der Waals surface area contributed by atoms with E-state index < -0.39 is 17.0 Å². The number of piperidine rings is 1. The number of anilines is 1. The minimum atomic E-state index is -0.614. The Kier molecular flexibility index (Phi) is 4.95. The number of halogens is 2. The Balaban J connectivity index is 1.87. The smallest absolute Gasteiger partial charge is 0.146 e. The van der Waals surface area contributed by atoms with Gasteiger partial charge in [0.2, 0.25) is 0 Å². The molecule has 1 fully saturated rings. The number of aliphatic hydroxyl groups is 1. The number of nitrogens with zero attached hydrogens (tertiary/aromatic N) is 3. The van der Waals surface area contributed by atoms with Gasteiger partial charge in [-0.3, -0.25) is 0 Å². The standard InChI is InChI=1S/C19H19F2N3O/c20-16-5-4-14(17(21)9-16)10-19(13-25)6-2-8-24(12-19)18-15(11-22)3-1-7-23-18/h1,3-5,7,9,25H,2,6,8,10,12-13H2. The van der Waals surface area contributed by atoms with Crippen LogP contribution in [0.5, 0.6) is 0 Å². The fraction of sp³-hybridized carbons (Fsp3) is 0.368. The highest BCUT2D eigenvalue weighted by atomic mass is 19.1. The van der Waals surface area contributed by atoms with Gasteiger partial charge < -0.3 is 10.0 Å². The maximum atomic E-state index is 14.1. The predicted molar refractivity (Wildman–Crippen MR) is 90.0 cm³/mol. The normalized spacial score (nSPS) is 20.3. The summed E-state index contributed by atoms with van der Waals surface area (Å²) in [4.78, 5) is 6.28. The molecule has 0 saturated carbocycles. The van der Waals surface area contributed by atoms with E-state index in [1.807, 2.05) is 4.90 Å². The molecule has 1 aromatic carbocycles. The van der Waals surface area contributed by atoms with Gasteiger partial charge in [-0.15, -0.1) is 0 Å². The van der Waals surface area contributed by atoms with Crippen molar-refractivity contribution in [2.45, 2.75) is 19.3 Å². The summed E-state index contributed by atoms with van der Waals surface area (Å²) in [6.07, 6.45) is 3.46. The number of nitriles is 1. The van der Waals surface area contributed by atoms with Gasteiger partial charge in [-0.05, 0) is 43.0 Å². The summed E-state index contributed by atoms with van der Waals surface area (Å²) in [6.45, 7) is 1.07. The molecule has 0 radical (unpaired) electrons. The second-order valence-electron chi connectivity index (χ2n) is 6.58. The van der Waals surface area contributed by atoms with Crippen LogP contribution < -0.4 is 4.90 Å². The van der Waals surface area contributed by atoms with E-state index in [4.69, 9.17) is 0 Å². The molecule has 4 nitrogen and oxygen atoms in total. The van der Waals surface area contributed by atoms with Crippen molar-refractivity contribution in [3.63, 3.8) is 0 Å². The lowest BCUT2D eigenvalue weighted by Gasteiger charge is -2.42. The van der Waals surface area contributed by atoms with Gasteiger partial charge >= 0.3 is 0 Å². The zero-order valence-corrected chi connectivity index (χ0v) is 13.8. The largest absolute Gasteiger partial charge is 0.396 e. The van der Waals surface area contributed by atoms with E-state index in [0.717, 1.165) is 25.5 Å². The molecule has 3 rings (SSSR count). The molecule has 1 aliphatic rings. The zero-order valence-electron chi connectivity index (χ0n) is 13.8. The van der Waals surface area contributed by atoms with E-state index in [0.29, 0.717) is 29.9 Å². The van der Waals surface area contributed by atoms with Crippen molar-refractivity contribution in [1.29, 1.82) is 5.26 Å². The van der Waals surface area contributed by atoms with Crippen LogP contribution in [0.1, 0.15) is 24.0 Å². The van der Waals surface area contributed by atoms with Crippen LogP contribution in [0.4, 0.5) is 14.6 Å². The minimum absolute atomic E-state index is 0.116. The van der Waals surface area contributed by atoms with Gasteiger partial charge in [0.25, 0.3) is 0 Å². The highest BCUT2D eigenvalue weighted by Crippen LogP contribution is 2.36. The zero-order chi connectivity index (χ0) is 17.9. The Labute approximate surface area is 145 Å². The molecule has 0 bridgehead atoms. The van der Waals surface area contributed by atoms with Gasteiger partial charge in [0, 0.05) is 30.8 Å². The molecule has 1 aromatic heterocycles. The van der Waals surface area contributed by atoms with E-state index in [9.17, 15) is 19.1 Å². The molecule has 6 heteroatoms. The second kappa shape index (κ2) is 7.16. The summed E-state index contributed by atoms with van der Waals surface area (Å²) in [7, 11) is 0. The molecule has 1 unspecified atom stereocenters. The Bertz CT molecular complexity index is 805. The Morgan fingerprint density at radius 1 is 1.32 bits per heavy atom. The number of hydrogen-bond donors (Lipinski definition) is 1. The first kappa shape index (κ1) is 17.3. The monoisotopic (exact) mass is 343 g/mol. The van der Waals surface area contributed by atoms with E-state index in [-0.39, 0.29) is 6.61 Å². The molecule has 25 heavy (non-hydrogen) atoms. The third kappa shape index (κ3) is 3.62. The molecule has 130 valence electrons. The number of hydrogen-bond acceptors (Lipinski definition) is 4. The number of aromatic nitrogens is 1. The summed E-state index contributed by atoms with van der Waals surface area (Å²) >= 11 is 0. The lowest BCUT2D eigenvalue weighted by molar-refractivity contribution is 0.104. The van der Waals surface area contributed by atoms with Crippen LogP contribution in [0, 0.1) is 28.4 Å². The number of benzene rings is 1. The van der Waals surface area contributed by atoms with Crippen LogP contribution in [-0.2, 0) is 6.42 Å². The third-order valence-corrected chi connectivity index (χ3v) is 4.78. The summed E-state index contributed by atoms with van der Waals surface area (Å²) in [6, 6.07) is 9.08. The van der Waals surface area contributed by atoms with Crippen molar-refractivity contribution in [3.8, 4) is 6.07 Å². The third-order valence-electron chi connectivity index (χ3n) is 4.78. The lowest BCUT2D eigenvalue weighted by Crippen LogP contribution is -2.47. The summed E-state index contributed by atoms with van der Waals surface area (Å²) in [5, 5.41) is 19.3. The van der Waals surface area contributed by atoms with E-state index in [1.54, 1.807) is 18.3 Å². The summed E-state index contributed by atoms with van der Waals surface area (Å²) in [5.74, 6) is -0.626. The maximum Gasteiger partial charge on any atom is 0.146 e. The van der Waals surface area contributed by atoms with Gasteiger partial charge in [0.15, 0.2) is 0 Å². The van der Waals surface area contributed by atoms with Crippen LogP contribution in [-0.4, -0.2) is 29.8 Å². The Morgan fingerprint density at radius 2 is 2.16 bits per heavy atom. The van der Waals surface area contributed by atoms with Gasteiger partial charge in [0.05, 0.1) is 12.2 Å². The van der Waals surface area contributed by atoms with Gasteiger partial charge in [-0.2, -0.15) is 5.26 Å². The minimum Gasteiger partial charge on any atom is -0.396 e. The first-order valence-electron chi connectivity index (χ1n) is 8.22. The van der Waals surface area contributed by atoms with Crippen molar-refractivity contribution < 1.29 is 13.9 Å². The Hall–Kier alpha value is -2.52. The van der Waals surface area contributed by atoms with Gasteiger partial charge in [-0.25, -0.2) is 13.8 Å². The second-order valence-corrected chi connectivity index (χ2v) is 6.58. The molecule has 0 amide bonds.